The maximum absolute atomic E-state index is 5.65. The van der Waals surface area contributed by atoms with E-state index in [2.05, 4.69) is 41.5 Å². The monoisotopic (exact) mass is 200 g/mol. The van der Waals surface area contributed by atoms with Gasteiger partial charge in [0, 0.05) is 6.42 Å². The zero-order chi connectivity index (χ0) is 11.0. The van der Waals surface area contributed by atoms with Crippen molar-refractivity contribution in [2.45, 2.75) is 60.2 Å². The molecule has 0 aromatic rings. The normalized spacial score (nSPS) is 30.4. The second-order valence-corrected chi connectivity index (χ2v) is 6.40. The zero-order valence-electron chi connectivity index (χ0n) is 10.4. The van der Waals surface area contributed by atoms with Gasteiger partial charge in [-0.3, -0.25) is 0 Å². The third-order valence-corrected chi connectivity index (χ3v) is 2.90. The molecule has 0 bridgehead atoms. The van der Waals surface area contributed by atoms with Crippen LogP contribution in [0.1, 0.15) is 48.0 Å². The molecule has 1 fully saturated rings. The third kappa shape index (κ3) is 2.96. The Hall–Kier alpha value is -0.0800. The van der Waals surface area contributed by atoms with E-state index >= 15 is 0 Å². The molecule has 2 atom stereocenters. The molecule has 1 aliphatic rings. The molecule has 0 aromatic carbocycles. The number of hydrogen-bond acceptors (Lipinski definition) is 2. The van der Waals surface area contributed by atoms with Gasteiger partial charge in [0.1, 0.15) is 6.79 Å². The van der Waals surface area contributed by atoms with Crippen molar-refractivity contribution in [1.82, 2.24) is 0 Å². The average Bonchev–Trinajstić information content (AvgIpc) is 2.01. The number of ether oxygens (including phenoxy) is 2. The van der Waals surface area contributed by atoms with E-state index in [1.165, 1.54) is 0 Å². The van der Waals surface area contributed by atoms with Gasteiger partial charge in [-0.25, -0.2) is 0 Å². The van der Waals surface area contributed by atoms with Crippen LogP contribution in [0.3, 0.4) is 0 Å². The quantitative estimate of drug-likeness (QED) is 0.598. The average molecular weight is 200 g/mol. The molecule has 84 valence electrons. The van der Waals surface area contributed by atoms with E-state index in [0.29, 0.717) is 19.0 Å². The van der Waals surface area contributed by atoms with Gasteiger partial charge in [-0.1, -0.05) is 41.5 Å². The summed E-state index contributed by atoms with van der Waals surface area (Å²) in [6.45, 7) is 13.8. The van der Waals surface area contributed by atoms with E-state index in [1.807, 2.05) is 0 Å². The minimum atomic E-state index is 0.216. The van der Waals surface area contributed by atoms with Gasteiger partial charge in [-0.15, -0.1) is 0 Å². The summed E-state index contributed by atoms with van der Waals surface area (Å²) in [5.74, 6) is 0. The fourth-order valence-corrected chi connectivity index (χ4v) is 1.74. The standard InChI is InChI=1S/C12H24O2/c1-11(2,3)9-7-10(12(4,5)6)14-8-13-9/h9-10H,7-8H2,1-6H3. The van der Waals surface area contributed by atoms with Crippen molar-refractivity contribution < 1.29 is 9.47 Å². The Morgan fingerprint density at radius 1 is 0.786 bits per heavy atom. The smallest absolute Gasteiger partial charge is 0.147 e. The van der Waals surface area contributed by atoms with Crippen LogP contribution in [0, 0.1) is 10.8 Å². The van der Waals surface area contributed by atoms with Gasteiger partial charge in [0.05, 0.1) is 12.2 Å². The van der Waals surface area contributed by atoms with Gasteiger partial charge >= 0.3 is 0 Å². The van der Waals surface area contributed by atoms with Crippen molar-refractivity contribution in [3.05, 3.63) is 0 Å². The molecule has 1 heterocycles. The van der Waals surface area contributed by atoms with Crippen molar-refractivity contribution in [3.63, 3.8) is 0 Å². The van der Waals surface area contributed by atoms with Gasteiger partial charge in [-0.05, 0) is 10.8 Å². The molecule has 2 unspecified atom stereocenters. The SMILES string of the molecule is CC(C)(C)C1CC(C(C)(C)C)OCO1. The molecule has 0 amide bonds. The van der Waals surface area contributed by atoms with E-state index < -0.39 is 0 Å². The molecule has 0 N–H and O–H groups in total. The maximum atomic E-state index is 5.65. The fraction of sp³-hybridized carbons (Fsp3) is 1.00. The first-order valence-electron chi connectivity index (χ1n) is 5.44. The lowest BCUT2D eigenvalue weighted by Crippen LogP contribution is -2.44. The molecule has 2 nitrogen and oxygen atoms in total. The number of rotatable bonds is 0. The summed E-state index contributed by atoms with van der Waals surface area (Å²) in [6.07, 6.45) is 1.65. The molecule has 0 aromatic heterocycles. The van der Waals surface area contributed by atoms with Gasteiger partial charge in [-0.2, -0.15) is 0 Å². The Balaban J connectivity index is 2.61. The lowest BCUT2D eigenvalue weighted by molar-refractivity contribution is -0.221. The molecule has 0 saturated carbocycles. The minimum absolute atomic E-state index is 0.216. The predicted octanol–water partition coefficient (Wildman–Crippen LogP) is 3.21. The highest BCUT2D eigenvalue weighted by Crippen LogP contribution is 2.35. The fourth-order valence-electron chi connectivity index (χ4n) is 1.74. The number of hydrogen-bond donors (Lipinski definition) is 0. The lowest BCUT2D eigenvalue weighted by Gasteiger charge is -2.42. The predicted molar refractivity (Wildman–Crippen MR) is 58.1 cm³/mol. The van der Waals surface area contributed by atoms with Crippen LogP contribution in [0.4, 0.5) is 0 Å². The molecule has 1 aliphatic heterocycles. The zero-order valence-corrected chi connectivity index (χ0v) is 10.4. The maximum Gasteiger partial charge on any atom is 0.147 e. The molecule has 2 heteroatoms. The van der Waals surface area contributed by atoms with Crippen molar-refractivity contribution in [2.24, 2.45) is 10.8 Å². The first-order chi connectivity index (χ1) is 6.21. The summed E-state index contributed by atoms with van der Waals surface area (Å²) in [5.41, 5.74) is 0.431. The van der Waals surface area contributed by atoms with Crippen LogP contribution in [0.5, 0.6) is 0 Å². The first kappa shape index (κ1) is 12.0. The van der Waals surface area contributed by atoms with Gasteiger partial charge in [0.15, 0.2) is 0 Å². The second-order valence-electron chi connectivity index (χ2n) is 6.40. The summed E-state index contributed by atoms with van der Waals surface area (Å²) >= 11 is 0. The molecule has 1 rings (SSSR count). The van der Waals surface area contributed by atoms with Crippen LogP contribution in [0.25, 0.3) is 0 Å². The van der Waals surface area contributed by atoms with E-state index in [9.17, 15) is 0 Å². The Labute approximate surface area is 88.0 Å². The van der Waals surface area contributed by atoms with Crippen molar-refractivity contribution in [3.8, 4) is 0 Å². The molecule has 14 heavy (non-hydrogen) atoms. The molecule has 1 saturated heterocycles. The van der Waals surface area contributed by atoms with Crippen molar-refractivity contribution in [1.29, 1.82) is 0 Å². The molecular formula is C12H24O2. The Morgan fingerprint density at radius 3 is 1.43 bits per heavy atom. The highest BCUT2D eigenvalue weighted by atomic mass is 16.7. The van der Waals surface area contributed by atoms with Crippen LogP contribution < -0.4 is 0 Å². The highest BCUT2D eigenvalue weighted by Gasteiger charge is 2.37. The van der Waals surface area contributed by atoms with Gasteiger partial charge in [0.25, 0.3) is 0 Å². The summed E-state index contributed by atoms with van der Waals surface area (Å²) in [6, 6.07) is 0. The van der Waals surface area contributed by atoms with Crippen molar-refractivity contribution in [2.75, 3.05) is 6.79 Å². The summed E-state index contributed by atoms with van der Waals surface area (Å²) in [4.78, 5) is 0. The molecule has 0 spiro atoms. The summed E-state index contributed by atoms with van der Waals surface area (Å²) < 4.78 is 11.3. The highest BCUT2D eigenvalue weighted by molar-refractivity contribution is 4.85. The van der Waals surface area contributed by atoms with E-state index in [1.54, 1.807) is 0 Å². The minimum Gasteiger partial charge on any atom is -0.352 e. The van der Waals surface area contributed by atoms with Crippen LogP contribution in [-0.2, 0) is 9.47 Å². The summed E-state index contributed by atoms with van der Waals surface area (Å²) in [5, 5.41) is 0. The van der Waals surface area contributed by atoms with Gasteiger partial charge < -0.3 is 9.47 Å². The van der Waals surface area contributed by atoms with E-state index in [4.69, 9.17) is 9.47 Å². The second kappa shape index (κ2) is 3.82. The Bertz CT molecular complexity index is 165. The summed E-state index contributed by atoms with van der Waals surface area (Å²) in [7, 11) is 0. The lowest BCUT2D eigenvalue weighted by atomic mass is 9.79. The van der Waals surface area contributed by atoms with Crippen LogP contribution in [0.15, 0.2) is 0 Å². The topological polar surface area (TPSA) is 18.5 Å². The van der Waals surface area contributed by atoms with E-state index in [0.717, 1.165) is 6.42 Å². The molecule has 0 aliphatic carbocycles. The van der Waals surface area contributed by atoms with Crippen LogP contribution in [-0.4, -0.2) is 19.0 Å². The van der Waals surface area contributed by atoms with Gasteiger partial charge in [0.2, 0.25) is 0 Å². The molecule has 0 radical (unpaired) electrons. The van der Waals surface area contributed by atoms with Crippen molar-refractivity contribution >= 4 is 0 Å². The Kier molecular flexibility index (Phi) is 3.27. The van der Waals surface area contributed by atoms with Crippen LogP contribution >= 0.6 is 0 Å². The largest absolute Gasteiger partial charge is 0.352 e. The third-order valence-electron chi connectivity index (χ3n) is 2.90. The van der Waals surface area contributed by atoms with Crippen LogP contribution in [0.2, 0.25) is 0 Å². The molecular weight excluding hydrogens is 176 g/mol. The van der Waals surface area contributed by atoms with E-state index in [-0.39, 0.29) is 10.8 Å². The first-order valence-corrected chi connectivity index (χ1v) is 5.44. The Morgan fingerprint density at radius 2 is 1.14 bits per heavy atom.